The Bertz CT molecular complexity index is 309. The van der Waals surface area contributed by atoms with E-state index in [0.717, 1.165) is 31.7 Å². The number of hydrogen-bond donors (Lipinski definition) is 1. The highest BCUT2D eigenvalue weighted by atomic mass is 16.5. The summed E-state index contributed by atoms with van der Waals surface area (Å²) in [6.45, 7) is 4.07. The lowest BCUT2D eigenvalue weighted by Crippen LogP contribution is -1.98. The van der Waals surface area contributed by atoms with Gasteiger partial charge >= 0.3 is 0 Å². The average molecular weight is 191 g/mol. The molecule has 1 aromatic carbocycles. The molecule has 1 N–H and O–H groups in total. The van der Waals surface area contributed by atoms with Crippen molar-refractivity contribution < 1.29 is 4.74 Å². The molecule has 0 fully saturated rings. The van der Waals surface area contributed by atoms with Gasteiger partial charge in [0.1, 0.15) is 5.75 Å². The summed E-state index contributed by atoms with van der Waals surface area (Å²) in [5, 5.41) is 3.35. The molecule has 0 amide bonds. The smallest absolute Gasteiger partial charge is 0.124 e. The number of ether oxygens (including phenoxy) is 1. The van der Waals surface area contributed by atoms with Crippen LogP contribution < -0.4 is 10.1 Å². The molecule has 0 atom stereocenters. The van der Waals surface area contributed by atoms with E-state index in [1.807, 2.05) is 0 Å². The van der Waals surface area contributed by atoms with Crippen molar-refractivity contribution in [3.8, 4) is 5.75 Å². The molecule has 0 aromatic heterocycles. The number of rotatable bonds is 4. The molecule has 2 nitrogen and oxygen atoms in total. The maximum Gasteiger partial charge on any atom is 0.124 e. The lowest BCUT2D eigenvalue weighted by atomic mass is 10.1. The van der Waals surface area contributed by atoms with E-state index in [4.69, 9.17) is 4.74 Å². The molecule has 14 heavy (non-hydrogen) atoms. The van der Waals surface area contributed by atoms with Crippen LogP contribution >= 0.6 is 0 Å². The summed E-state index contributed by atoms with van der Waals surface area (Å²) >= 11 is 0. The maximum absolute atomic E-state index is 5.75. The van der Waals surface area contributed by atoms with E-state index in [-0.39, 0.29) is 0 Å². The second-order valence-corrected chi connectivity index (χ2v) is 3.66. The summed E-state index contributed by atoms with van der Waals surface area (Å²) in [5.41, 5.74) is 2.60. The fourth-order valence-corrected chi connectivity index (χ4v) is 1.77. The molecule has 1 aromatic rings. The molecule has 1 aliphatic rings. The summed E-state index contributed by atoms with van der Waals surface area (Å²) in [6.07, 6.45) is 3.42. The van der Waals surface area contributed by atoms with Gasteiger partial charge in [0.05, 0.1) is 6.61 Å². The predicted molar refractivity (Wildman–Crippen MR) is 59.0 cm³/mol. The number of unbranched alkanes of at least 4 members (excludes halogenated alkanes) is 1. The number of fused-ring (bicyclic) bond motifs is 1. The molecule has 0 bridgehead atoms. The lowest BCUT2D eigenvalue weighted by Gasteiger charge is -2.09. The van der Waals surface area contributed by atoms with E-state index in [1.54, 1.807) is 0 Å². The third kappa shape index (κ3) is 1.84. The first kappa shape index (κ1) is 9.38. The summed E-state index contributed by atoms with van der Waals surface area (Å²) < 4.78 is 5.75. The second-order valence-electron chi connectivity index (χ2n) is 3.66. The van der Waals surface area contributed by atoms with Crippen LogP contribution in [-0.4, -0.2) is 13.2 Å². The molecular weight excluding hydrogens is 174 g/mol. The minimum Gasteiger partial charge on any atom is -0.493 e. The number of benzene rings is 1. The number of nitrogens with one attached hydrogen (secondary N) is 1. The standard InChI is InChI=1S/C12H17NO/c1-2-3-9-14-12-6-4-5-11-10(12)7-8-13-11/h4-6,13H,2-3,7-9H2,1H3. The quantitative estimate of drug-likeness (QED) is 0.739. The highest BCUT2D eigenvalue weighted by Gasteiger charge is 2.14. The first-order valence-electron chi connectivity index (χ1n) is 5.40. The van der Waals surface area contributed by atoms with E-state index >= 15 is 0 Å². The molecule has 2 rings (SSSR count). The van der Waals surface area contributed by atoms with Crippen molar-refractivity contribution in [1.29, 1.82) is 0 Å². The summed E-state index contributed by atoms with van der Waals surface area (Å²) in [6, 6.07) is 6.24. The van der Waals surface area contributed by atoms with Crippen molar-refractivity contribution in [3.05, 3.63) is 23.8 Å². The zero-order valence-electron chi connectivity index (χ0n) is 8.68. The van der Waals surface area contributed by atoms with Crippen LogP contribution in [0.25, 0.3) is 0 Å². The molecule has 1 heterocycles. The van der Waals surface area contributed by atoms with E-state index in [2.05, 4.69) is 30.4 Å². The summed E-state index contributed by atoms with van der Waals surface area (Å²) in [7, 11) is 0. The number of anilines is 1. The molecule has 76 valence electrons. The van der Waals surface area contributed by atoms with Gasteiger partial charge < -0.3 is 10.1 Å². The Morgan fingerprint density at radius 2 is 2.36 bits per heavy atom. The molecule has 1 aliphatic heterocycles. The Hall–Kier alpha value is -1.18. The van der Waals surface area contributed by atoms with Gasteiger partial charge in [0.15, 0.2) is 0 Å². The van der Waals surface area contributed by atoms with Gasteiger partial charge in [-0.3, -0.25) is 0 Å². The van der Waals surface area contributed by atoms with Crippen LogP contribution in [0, 0.1) is 0 Å². The molecule has 2 heteroatoms. The van der Waals surface area contributed by atoms with Gasteiger partial charge in [-0.2, -0.15) is 0 Å². The van der Waals surface area contributed by atoms with Crippen LogP contribution in [0.3, 0.4) is 0 Å². The van der Waals surface area contributed by atoms with Crippen molar-refractivity contribution in [1.82, 2.24) is 0 Å². The van der Waals surface area contributed by atoms with E-state index in [1.165, 1.54) is 17.7 Å². The van der Waals surface area contributed by atoms with Gasteiger partial charge in [0.2, 0.25) is 0 Å². The molecule has 0 saturated carbocycles. The van der Waals surface area contributed by atoms with Gasteiger partial charge in [0.25, 0.3) is 0 Å². The predicted octanol–water partition coefficient (Wildman–Crippen LogP) is 2.83. The third-order valence-corrected chi connectivity index (χ3v) is 2.58. The van der Waals surface area contributed by atoms with Crippen LogP contribution in [0.5, 0.6) is 5.75 Å². The Morgan fingerprint density at radius 1 is 1.43 bits per heavy atom. The third-order valence-electron chi connectivity index (χ3n) is 2.58. The number of hydrogen-bond acceptors (Lipinski definition) is 2. The second kappa shape index (κ2) is 4.36. The van der Waals surface area contributed by atoms with E-state index in [9.17, 15) is 0 Å². The highest BCUT2D eigenvalue weighted by molar-refractivity contribution is 5.61. The molecule has 0 radical (unpaired) electrons. The lowest BCUT2D eigenvalue weighted by molar-refractivity contribution is 0.307. The Morgan fingerprint density at radius 3 is 3.21 bits per heavy atom. The van der Waals surface area contributed by atoms with Crippen LogP contribution in [0.1, 0.15) is 25.3 Å². The van der Waals surface area contributed by atoms with Crippen LogP contribution in [0.15, 0.2) is 18.2 Å². The minimum absolute atomic E-state index is 0.840. The zero-order chi connectivity index (χ0) is 9.80. The SMILES string of the molecule is CCCCOc1cccc2c1CCN2. The van der Waals surface area contributed by atoms with E-state index < -0.39 is 0 Å². The van der Waals surface area contributed by atoms with Crippen LogP contribution in [-0.2, 0) is 6.42 Å². The van der Waals surface area contributed by atoms with Crippen molar-refractivity contribution in [2.45, 2.75) is 26.2 Å². The average Bonchev–Trinajstić information content (AvgIpc) is 2.67. The fourth-order valence-electron chi connectivity index (χ4n) is 1.77. The van der Waals surface area contributed by atoms with E-state index in [0.29, 0.717) is 0 Å². The molecule has 0 spiro atoms. The normalized spacial score (nSPS) is 13.5. The van der Waals surface area contributed by atoms with Gasteiger partial charge in [0, 0.05) is 17.8 Å². The van der Waals surface area contributed by atoms with Crippen molar-refractivity contribution in [2.75, 3.05) is 18.5 Å². The zero-order valence-corrected chi connectivity index (χ0v) is 8.68. The Labute approximate surface area is 85.3 Å². The Balaban J connectivity index is 2.06. The van der Waals surface area contributed by atoms with Gasteiger partial charge in [-0.25, -0.2) is 0 Å². The van der Waals surface area contributed by atoms with Gasteiger partial charge in [-0.1, -0.05) is 19.4 Å². The van der Waals surface area contributed by atoms with Crippen molar-refractivity contribution in [2.24, 2.45) is 0 Å². The summed E-state index contributed by atoms with van der Waals surface area (Å²) in [5.74, 6) is 1.07. The summed E-state index contributed by atoms with van der Waals surface area (Å²) in [4.78, 5) is 0. The monoisotopic (exact) mass is 191 g/mol. The molecular formula is C12H17NO. The van der Waals surface area contributed by atoms with Crippen LogP contribution in [0.4, 0.5) is 5.69 Å². The molecule has 0 saturated heterocycles. The first-order valence-corrected chi connectivity index (χ1v) is 5.40. The topological polar surface area (TPSA) is 21.3 Å². The minimum atomic E-state index is 0.840. The van der Waals surface area contributed by atoms with Gasteiger partial charge in [-0.05, 0) is 25.0 Å². The van der Waals surface area contributed by atoms with Crippen molar-refractivity contribution >= 4 is 5.69 Å². The maximum atomic E-state index is 5.75. The molecule has 0 aliphatic carbocycles. The molecule has 0 unspecified atom stereocenters. The van der Waals surface area contributed by atoms with Gasteiger partial charge in [-0.15, -0.1) is 0 Å². The first-order chi connectivity index (χ1) is 6.92. The van der Waals surface area contributed by atoms with Crippen LogP contribution in [0.2, 0.25) is 0 Å². The Kier molecular flexibility index (Phi) is 2.92. The highest BCUT2D eigenvalue weighted by Crippen LogP contribution is 2.30. The van der Waals surface area contributed by atoms with Crippen molar-refractivity contribution in [3.63, 3.8) is 0 Å². The largest absolute Gasteiger partial charge is 0.493 e. The fraction of sp³-hybridized carbons (Fsp3) is 0.500.